The van der Waals surface area contributed by atoms with Crippen LogP contribution in [0.5, 0.6) is 0 Å². The van der Waals surface area contributed by atoms with Gasteiger partial charge in [-0.1, -0.05) is 0 Å². The van der Waals surface area contributed by atoms with E-state index in [1.54, 1.807) is 6.20 Å². The van der Waals surface area contributed by atoms with E-state index in [-0.39, 0.29) is 11.9 Å². The van der Waals surface area contributed by atoms with Gasteiger partial charge in [-0.3, -0.25) is 9.48 Å². The van der Waals surface area contributed by atoms with Crippen LogP contribution >= 0.6 is 0 Å². The van der Waals surface area contributed by atoms with Crippen molar-refractivity contribution in [2.24, 2.45) is 0 Å². The molecule has 7 heteroatoms. The summed E-state index contributed by atoms with van der Waals surface area (Å²) in [6.07, 6.45) is 6.81. The molecule has 1 unspecified atom stereocenters. The van der Waals surface area contributed by atoms with Gasteiger partial charge in [0.1, 0.15) is 11.6 Å². The van der Waals surface area contributed by atoms with Crippen molar-refractivity contribution < 1.29 is 4.79 Å². The van der Waals surface area contributed by atoms with E-state index in [1.807, 2.05) is 23.9 Å². The Labute approximate surface area is 123 Å². The second-order valence-corrected chi connectivity index (χ2v) is 5.45. The fourth-order valence-corrected chi connectivity index (χ4v) is 2.71. The van der Waals surface area contributed by atoms with E-state index < -0.39 is 0 Å². The summed E-state index contributed by atoms with van der Waals surface area (Å²) in [6, 6.07) is 2.07. The molecule has 0 radical (unpaired) electrons. The minimum Gasteiger partial charge on any atom is -0.352 e. The van der Waals surface area contributed by atoms with Crippen molar-refractivity contribution in [1.29, 1.82) is 0 Å². The standard InChI is InChI=1S/C14H20N6O/c1-11-17-18-13-6-5-12(10-20(11)13)16-14(21)4-2-8-19-9-3-7-15-19/h3,7,9,12H,2,4-6,8,10H2,1H3,(H,16,21). The Morgan fingerprint density at radius 2 is 2.38 bits per heavy atom. The molecule has 7 nitrogen and oxygen atoms in total. The average molecular weight is 288 g/mol. The van der Waals surface area contributed by atoms with E-state index in [9.17, 15) is 4.79 Å². The summed E-state index contributed by atoms with van der Waals surface area (Å²) in [5.41, 5.74) is 0. The maximum atomic E-state index is 12.0. The number of carbonyl (C=O) groups is 1. The molecule has 0 fully saturated rings. The number of hydrogen-bond acceptors (Lipinski definition) is 4. The smallest absolute Gasteiger partial charge is 0.220 e. The van der Waals surface area contributed by atoms with Crippen molar-refractivity contribution in [2.45, 2.75) is 51.7 Å². The van der Waals surface area contributed by atoms with Crippen LogP contribution in [0.2, 0.25) is 0 Å². The zero-order valence-corrected chi connectivity index (χ0v) is 12.2. The predicted octanol–water partition coefficient (Wildman–Crippen LogP) is 0.694. The Bertz CT molecular complexity index is 603. The van der Waals surface area contributed by atoms with Crippen LogP contribution in [0.1, 0.15) is 30.9 Å². The van der Waals surface area contributed by atoms with E-state index in [0.717, 1.165) is 44.0 Å². The van der Waals surface area contributed by atoms with Crippen LogP contribution in [0.4, 0.5) is 0 Å². The number of fused-ring (bicyclic) bond motifs is 1. The van der Waals surface area contributed by atoms with Crippen molar-refractivity contribution in [2.75, 3.05) is 0 Å². The van der Waals surface area contributed by atoms with Crippen LogP contribution in [0.15, 0.2) is 18.5 Å². The predicted molar refractivity (Wildman–Crippen MR) is 76.5 cm³/mol. The SMILES string of the molecule is Cc1nnc2n1CC(NC(=O)CCCn1cccn1)CC2. The number of rotatable bonds is 5. The molecule has 2 aromatic rings. The van der Waals surface area contributed by atoms with Crippen LogP contribution < -0.4 is 5.32 Å². The van der Waals surface area contributed by atoms with E-state index in [0.29, 0.717) is 6.42 Å². The zero-order valence-electron chi connectivity index (χ0n) is 12.2. The summed E-state index contributed by atoms with van der Waals surface area (Å²) in [5, 5.41) is 15.5. The van der Waals surface area contributed by atoms with Gasteiger partial charge < -0.3 is 9.88 Å². The minimum absolute atomic E-state index is 0.112. The first-order chi connectivity index (χ1) is 10.2. The highest BCUT2D eigenvalue weighted by atomic mass is 16.1. The quantitative estimate of drug-likeness (QED) is 0.878. The Kier molecular flexibility index (Phi) is 3.98. The van der Waals surface area contributed by atoms with Gasteiger partial charge in [0.25, 0.3) is 0 Å². The van der Waals surface area contributed by atoms with E-state index in [4.69, 9.17) is 0 Å². The highest BCUT2D eigenvalue weighted by molar-refractivity contribution is 5.76. The van der Waals surface area contributed by atoms with E-state index in [1.165, 1.54) is 0 Å². The van der Waals surface area contributed by atoms with Crippen LogP contribution in [0, 0.1) is 6.92 Å². The second kappa shape index (κ2) is 6.07. The van der Waals surface area contributed by atoms with Crippen molar-refractivity contribution in [3.63, 3.8) is 0 Å². The topological polar surface area (TPSA) is 77.6 Å². The molecule has 1 aliphatic rings. The Morgan fingerprint density at radius 3 is 3.19 bits per heavy atom. The maximum absolute atomic E-state index is 12.0. The number of aromatic nitrogens is 5. The zero-order chi connectivity index (χ0) is 14.7. The lowest BCUT2D eigenvalue weighted by Gasteiger charge is -2.24. The van der Waals surface area contributed by atoms with Crippen molar-refractivity contribution >= 4 is 5.91 Å². The number of carbonyl (C=O) groups excluding carboxylic acids is 1. The fraction of sp³-hybridized carbons (Fsp3) is 0.571. The molecular formula is C14H20N6O. The first kappa shape index (κ1) is 13.8. The van der Waals surface area contributed by atoms with Crippen molar-refractivity contribution in [3.05, 3.63) is 30.1 Å². The fourth-order valence-electron chi connectivity index (χ4n) is 2.71. The van der Waals surface area contributed by atoms with Crippen molar-refractivity contribution in [1.82, 2.24) is 29.9 Å². The molecular weight excluding hydrogens is 268 g/mol. The summed E-state index contributed by atoms with van der Waals surface area (Å²) < 4.78 is 3.94. The molecule has 2 aromatic heterocycles. The molecule has 112 valence electrons. The molecule has 0 bridgehead atoms. The van der Waals surface area contributed by atoms with E-state index in [2.05, 4.69) is 25.2 Å². The molecule has 3 heterocycles. The molecule has 1 N–H and O–H groups in total. The van der Waals surface area contributed by atoms with E-state index >= 15 is 0 Å². The third kappa shape index (κ3) is 3.29. The van der Waals surface area contributed by atoms with Gasteiger partial charge in [0.2, 0.25) is 5.91 Å². The molecule has 0 saturated carbocycles. The molecule has 3 rings (SSSR count). The number of aryl methyl sites for hydroxylation is 3. The average Bonchev–Trinajstić information content (AvgIpc) is 3.10. The van der Waals surface area contributed by atoms with Crippen LogP contribution in [-0.2, 0) is 24.3 Å². The van der Waals surface area contributed by atoms with Gasteiger partial charge in [0.15, 0.2) is 0 Å². The molecule has 1 atom stereocenters. The summed E-state index contributed by atoms with van der Waals surface area (Å²) in [5.74, 6) is 2.06. The molecule has 1 amide bonds. The van der Waals surface area contributed by atoms with Gasteiger partial charge in [-0.2, -0.15) is 5.10 Å². The van der Waals surface area contributed by atoms with Gasteiger partial charge in [-0.15, -0.1) is 10.2 Å². The van der Waals surface area contributed by atoms with Gasteiger partial charge in [0.05, 0.1) is 0 Å². The third-order valence-electron chi connectivity index (χ3n) is 3.85. The van der Waals surface area contributed by atoms with Crippen LogP contribution in [0.25, 0.3) is 0 Å². The summed E-state index contributed by atoms with van der Waals surface area (Å²) >= 11 is 0. The summed E-state index contributed by atoms with van der Waals surface area (Å²) in [4.78, 5) is 12.0. The lowest BCUT2D eigenvalue weighted by atomic mass is 10.1. The van der Waals surface area contributed by atoms with Crippen LogP contribution in [0.3, 0.4) is 0 Å². The molecule has 21 heavy (non-hydrogen) atoms. The second-order valence-electron chi connectivity index (χ2n) is 5.45. The van der Waals surface area contributed by atoms with Gasteiger partial charge >= 0.3 is 0 Å². The summed E-state index contributed by atoms with van der Waals surface area (Å²) in [6.45, 7) is 3.50. The van der Waals surface area contributed by atoms with Gasteiger partial charge in [-0.25, -0.2) is 0 Å². The number of nitrogens with zero attached hydrogens (tertiary/aromatic N) is 5. The first-order valence-corrected chi connectivity index (χ1v) is 7.38. The Morgan fingerprint density at radius 1 is 1.48 bits per heavy atom. The molecule has 0 aromatic carbocycles. The summed E-state index contributed by atoms with van der Waals surface area (Å²) in [7, 11) is 0. The lowest BCUT2D eigenvalue weighted by Crippen LogP contribution is -2.41. The van der Waals surface area contributed by atoms with Gasteiger partial charge in [0, 0.05) is 44.4 Å². The third-order valence-corrected chi connectivity index (χ3v) is 3.85. The number of amides is 1. The number of hydrogen-bond donors (Lipinski definition) is 1. The Balaban J connectivity index is 1.44. The molecule has 0 spiro atoms. The van der Waals surface area contributed by atoms with Gasteiger partial charge in [-0.05, 0) is 25.8 Å². The molecule has 1 aliphatic heterocycles. The number of nitrogens with one attached hydrogen (secondary N) is 1. The monoisotopic (exact) mass is 288 g/mol. The normalized spacial score (nSPS) is 17.5. The molecule has 0 aliphatic carbocycles. The van der Waals surface area contributed by atoms with Crippen molar-refractivity contribution in [3.8, 4) is 0 Å². The minimum atomic E-state index is 0.112. The largest absolute Gasteiger partial charge is 0.352 e. The lowest BCUT2D eigenvalue weighted by molar-refractivity contribution is -0.122. The highest BCUT2D eigenvalue weighted by Crippen LogP contribution is 2.14. The maximum Gasteiger partial charge on any atom is 0.220 e. The Hall–Kier alpha value is -2.18. The first-order valence-electron chi connectivity index (χ1n) is 7.38. The molecule has 0 saturated heterocycles. The van der Waals surface area contributed by atoms with Crippen LogP contribution in [-0.4, -0.2) is 36.5 Å². The highest BCUT2D eigenvalue weighted by Gasteiger charge is 2.22.